The predicted octanol–water partition coefficient (Wildman–Crippen LogP) is 2.29. The first kappa shape index (κ1) is 16.9. The molecule has 1 aromatic heterocycles. The van der Waals surface area contributed by atoms with Crippen molar-refractivity contribution < 1.29 is 5.11 Å². The van der Waals surface area contributed by atoms with Gasteiger partial charge in [-0.05, 0) is 20.8 Å². The van der Waals surface area contributed by atoms with Crippen LogP contribution in [0.4, 0.5) is 5.13 Å². The van der Waals surface area contributed by atoms with Crippen LogP contribution in [0.5, 0.6) is 0 Å². The van der Waals surface area contributed by atoms with Gasteiger partial charge >= 0.3 is 0 Å². The summed E-state index contributed by atoms with van der Waals surface area (Å²) in [6.07, 6.45) is 0.554. The zero-order valence-electron chi connectivity index (χ0n) is 10.2. The molecule has 7 heteroatoms. The number of halogens is 2. The van der Waals surface area contributed by atoms with Crippen LogP contribution < -0.4 is 11.1 Å². The summed E-state index contributed by atoms with van der Waals surface area (Å²) < 4.78 is 0. The number of nitrogens with one attached hydrogen (secondary N) is 1. The fourth-order valence-electron chi connectivity index (χ4n) is 1.14. The molecule has 4 N–H and O–H groups in total. The van der Waals surface area contributed by atoms with Gasteiger partial charge in [0.05, 0.1) is 6.61 Å². The number of nitrogens with two attached hydrogens (primary N) is 1. The average molecular weight is 300 g/mol. The van der Waals surface area contributed by atoms with Crippen molar-refractivity contribution in [2.45, 2.75) is 38.8 Å². The Morgan fingerprint density at radius 2 is 2.12 bits per heavy atom. The Balaban J connectivity index is 0.00000256. The van der Waals surface area contributed by atoms with Gasteiger partial charge in [0.25, 0.3) is 0 Å². The van der Waals surface area contributed by atoms with E-state index in [2.05, 4.69) is 31.1 Å². The van der Waals surface area contributed by atoms with Gasteiger partial charge in [-0.25, -0.2) is 4.98 Å². The fourth-order valence-corrected chi connectivity index (χ4v) is 2.62. The Morgan fingerprint density at radius 1 is 1.53 bits per heavy atom. The van der Waals surface area contributed by atoms with Crippen molar-refractivity contribution in [2.24, 2.45) is 5.73 Å². The highest BCUT2D eigenvalue weighted by atomic mass is 35.5. The molecule has 0 amide bonds. The molecule has 0 aromatic carbocycles. The van der Waals surface area contributed by atoms with Crippen LogP contribution >= 0.6 is 35.3 Å². The van der Waals surface area contributed by atoms with E-state index in [1.807, 2.05) is 0 Å². The minimum atomic E-state index is -0.277. The lowest BCUT2D eigenvalue weighted by Gasteiger charge is -2.19. The molecular weight excluding hydrogens is 281 g/mol. The Bertz CT molecular complexity index is 352. The molecule has 1 aromatic rings. The molecule has 0 aliphatic rings. The van der Waals surface area contributed by atoms with Gasteiger partial charge in [0.1, 0.15) is 5.15 Å². The number of thiazole rings is 1. The van der Waals surface area contributed by atoms with Crippen LogP contribution in [0.1, 0.15) is 25.6 Å². The number of anilines is 1. The second-order valence-corrected chi connectivity index (χ2v) is 6.20. The van der Waals surface area contributed by atoms with E-state index in [4.69, 9.17) is 22.4 Å². The van der Waals surface area contributed by atoms with Crippen molar-refractivity contribution in [2.75, 3.05) is 11.9 Å². The number of aliphatic hydroxyl groups is 1. The molecule has 1 unspecified atom stereocenters. The molecule has 0 saturated heterocycles. The lowest BCUT2D eigenvalue weighted by molar-refractivity contribution is 0.265. The highest BCUT2D eigenvalue weighted by molar-refractivity contribution is 7.16. The van der Waals surface area contributed by atoms with Crippen LogP contribution in [0.25, 0.3) is 0 Å². The van der Waals surface area contributed by atoms with Crippen molar-refractivity contribution in [3.8, 4) is 0 Å². The zero-order chi connectivity index (χ0) is 12.3. The average Bonchev–Trinajstić information content (AvgIpc) is 2.43. The number of hydrogen-bond donors (Lipinski definition) is 3. The van der Waals surface area contributed by atoms with E-state index in [9.17, 15) is 0 Å². The van der Waals surface area contributed by atoms with E-state index in [1.165, 1.54) is 11.3 Å². The summed E-state index contributed by atoms with van der Waals surface area (Å²) in [6, 6.07) is -0.277. The molecule has 0 spiro atoms. The third-order valence-corrected chi connectivity index (χ3v) is 3.23. The van der Waals surface area contributed by atoms with Crippen LogP contribution in [0.15, 0.2) is 0 Å². The van der Waals surface area contributed by atoms with Gasteiger partial charge in [0.2, 0.25) is 0 Å². The van der Waals surface area contributed by atoms with Crippen LogP contribution in [-0.2, 0) is 6.42 Å². The molecule has 17 heavy (non-hydrogen) atoms. The molecule has 100 valence electrons. The maximum absolute atomic E-state index is 8.88. The highest BCUT2D eigenvalue weighted by Crippen LogP contribution is 2.29. The van der Waals surface area contributed by atoms with E-state index < -0.39 is 0 Å². The minimum Gasteiger partial charge on any atom is -0.395 e. The molecule has 1 heterocycles. The molecule has 0 saturated carbocycles. The van der Waals surface area contributed by atoms with E-state index in [0.717, 1.165) is 10.0 Å². The van der Waals surface area contributed by atoms with Gasteiger partial charge in [0, 0.05) is 22.9 Å². The number of aliphatic hydroxyl groups excluding tert-OH is 1. The summed E-state index contributed by atoms with van der Waals surface area (Å²) in [4.78, 5) is 5.13. The van der Waals surface area contributed by atoms with Crippen molar-refractivity contribution in [3.63, 3.8) is 0 Å². The predicted molar refractivity (Wildman–Crippen MR) is 76.5 cm³/mol. The molecule has 0 bridgehead atoms. The van der Waals surface area contributed by atoms with Crippen LogP contribution in [-0.4, -0.2) is 28.3 Å². The van der Waals surface area contributed by atoms with E-state index in [-0.39, 0.29) is 30.6 Å². The molecule has 1 atom stereocenters. The first-order chi connectivity index (χ1) is 7.31. The topological polar surface area (TPSA) is 71.2 Å². The highest BCUT2D eigenvalue weighted by Gasteiger charge is 2.16. The summed E-state index contributed by atoms with van der Waals surface area (Å²) in [5.74, 6) is 0. The first-order valence-electron chi connectivity index (χ1n) is 5.11. The lowest BCUT2D eigenvalue weighted by atomic mass is 10.1. The second kappa shape index (κ2) is 6.75. The Morgan fingerprint density at radius 3 is 2.59 bits per heavy atom. The van der Waals surface area contributed by atoms with Gasteiger partial charge in [-0.2, -0.15) is 0 Å². The second-order valence-electron chi connectivity index (χ2n) is 4.75. The molecule has 0 aliphatic carbocycles. The Kier molecular flexibility index (Phi) is 6.73. The lowest BCUT2D eigenvalue weighted by Crippen LogP contribution is -2.26. The third-order valence-electron chi connectivity index (χ3n) is 1.81. The number of rotatable bonds is 4. The molecule has 0 radical (unpaired) electrons. The standard InChI is InChI=1S/C10H18ClN3OS.ClH/c1-10(2,3)14-9-13-8(11)7(16-9)4-6(12)5-15;/h6,15H,4-5,12H2,1-3H3,(H,13,14);1H. The van der Waals surface area contributed by atoms with Crippen molar-refractivity contribution >= 4 is 40.5 Å². The van der Waals surface area contributed by atoms with Crippen LogP contribution in [0.2, 0.25) is 5.15 Å². The SMILES string of the molecule is CC(C)(C)Nc1nc(Cl)c(CC(N)CO)s1.Cl. The molecule has 0 aliphatic heterocycles. The number of aromatic nitrogens is 1. The number of hydrogen-bond acceptors (Lipinski definition) is 5. The zero-order valence-corrected chi connectivity index (χ0v) is 12.5. The van der Waals surface area contributed by atoms with Gasteiger partial charge in [-0.1, -0.05) is 11.6 Å². The normalized spacial score (nSPS) is 13.1. The van der Waals surface area contributed by atoms with Gasteiger partial charge in [0.15, 0.2) is 5.13 Å². The Hall–Kier alpha value is -0.0700. The maximum atomic E-state index is 8.88. The molecule has 4 nitrogen and oxygen atoms in total. The van der Waals surface area contributed by atoms with Crippen LogP contribution in [0, 0.1) is 0 Å². The van der Waals surface area contributed by atoms with E-state index >= 15 is 0 Å². The summed E-state index contributed by atoms with van der Waals surface area (Å²) in [5, 5.41) is 13.4. The van der Waals surface area contributed by atoms with Gasteiger partial charge < -0.3 is 16.2 Å². The largest absolute Gasteiger partial charge is 0.395 e. The quantitative estimate of drug-likeness (QED) is 0.798. The molecular formula is C10H19Cl2N3OS. The van der Waals surface area contributed by atoms with Gasteiger partial charge in [-0.15, -0.1) is 23.7 Å². The fraction of sp³-hybridized carbons (Fsp3) is 0.700. The smallest absolute Gasteiger partial charge is 0.184 e. The summed E-state index contributed by atoms with van der Waals surface area (Å²) >= 11 is 7.48. The number of nitrogens with zero attached hydrogens (tertiary/aromatic N) is 1. The van der Waals surface area contributed by atoms with Crippen molar-refractivity contribution in [3.05, 3.63) is 10.0 Å². The van der Waals surface area contributed by atoms with E-state index in [1.54, 1.807) is 0 Å². The van der Waals surface area contributed by atoms with E-state index in [0.29, 0.717) is 11.6 Å². The van der Waals surface area contributed by atoms with Gasteiger partial charge in [-0.3, -0.25) is 0 Å². The Labute approximate surface area is 117 Å². The monoisotopic (exact) mass is 299 g/mol. The summed E-state index contributed by atoms with van der Waals surface area (Å²) in [7, 11) is 0. The van der Waals surface area contributed by atoms with Crippen molar-refractivity contribution in [1.29, 1.82) is 0 Å². The minimum absolute atomic E-state index is 0. The summed E-state index contributed by atoms with van der Waals surface area (Å²) in [6.45, 7) is 6.13. The molecule has 0 fully saturated rings. The maximum Gasteiger partial charge on any atom is 0.184 e. The first-order valence-corrected chi connectivity index (χ1v) is 6.31. The molecule has 1 rings (SSSR count). The summed E-state index contributed by atoms with van der Waals surface area (Å²) in [5.41, 5.74) is 5.62. The van der Waals surface area contributed by atoms with Crippen molar-refractivity contribution in [1.82, 2.24) is 4.98 Å². The third kappa shape index (κ3) is 5.88. The van der Waals surface area contributed by atoms with Crippen LogP contribution in [0.3, 0.4) is 0 Å².